The first-order valence-corrected chi connectivity index (χ1v) is 12.1. The number of alkyl halides is 6. The fraction of sp³-hybridized carbons (Fsp3) is 0.333. The summed E-state index contributed by atoms with van der Waals surface area (Å²) < 4.78 is 81.1. The lowest BCUT2D eigenvalue weighted by Crippen LogP contribution is -2.39. The Morgan fingerprint density at radius 1 is 1.03 bits per heavy atom. The van der Waals surface area contributed by atoms with Crippen LogP contribution < -0.4 is 0 Å². The minimum atomic E-state index is -4.92. The number of hydrogen-bond acceptors (Lipinski definition) is 5. The van der Waals surface area contributed by atoms with Gasteiger partial charge in [0.1, 0.15) is 17.1 Å². The summed E-state index contributed by atoms with van der Waals surface area (Å²) in [6.45, 7) is 1.06. The zero-order valence-electron chi connectivity index (χ0n) is 19.1. The standard InChI is InChI=1S/C24H19F6N5OS/c25-23(26,27)16-7-15(8-17(9-16)24(28,29)30)22-33-19(12-37-22)14-2-5-34(6-3-14)21(36)11-35-13-32-18-10-31-4-1-20(18)35/h1,4,7-10,12-14H,2-3,5-6,11H2. The zero-order valence-corrected chi connectivity index (χ0v) is 19.9. The molecule has 5 rings (SSSR count). The number of aromatic nitrogens is 4. The monoisotopic (exact) mass is 539 g/mol. The van der Waals surface area contributed by atoms with Gasteiger partial charge in [-0.05, 0) is 37.1 Å². The van der Waals surface area contributed by atoms with Crippen molar-refractivity contribution in [2.75, 3.05) is 13.1 Å². The smallest absolute Gasteiger partial charge is 0.341 e. The number of amides is 1. The molecule has 0 N–H and O–H groups in total. The van der Waals surface area contributed by atoms with E-state index < -0.39 is 23.5 Å². The van der Waals surface area contributed by atoms with Crippen LogP contribution in [-0.4, -0.2) is 43.4 Å². The third-order valence-electron chi connectivity index (χ3n) is 6.35. The van der Waals surface area contributed by atoms with Crippen molar-refractivity contribution in [3.05, 3.63) is 65.2 Å². The minimum absolute atomic E-state index is 0.0536. The molecule has 1 saturated heterocycles. The van der Waals surface area contributed by atoms with E-state index in [0.717, 1.165) is 16.9 Å². The predicted octanol–water partition coefficient (Wildman–Crippen LogP) is 6.00. The molecule has 1 fully saturated rings. The molecule has 1 amide bonds. The Morgan fingerprint density at radius 2 is 1.70 bits per heavy atom. The summed E-state index contributed by atoms with van der Waals surface area (Å²) in [5, 5.41) is 1.75. The first-order valence-electron chi connectivity index (χ1n) is 11.3. The van der Waals surface area contributed by atoms with E-state index in [1.807, 2.05) is 0 Å². The molecule has 37 heavy (non-hydrogen) atoms. The molecular weight excluding hydrogens is 520 g/mol. The molecular formula is C24H19F6N5OS. The molecule has 6 nitrogen and oxygen atoms in total. The third-order valence-corrected chi connectivity index (χ3v) is 7.26. The van der Waals surface area contributed by atoms with Gasteiger partial charge in [-0.25, -0.2) is 9.97 Å². The van der Waals surface area contributed by atoms with E-state index in [1.165, 1.54) is 0 Å². The SMILES string of the molecule is O=C(Cn1cnc2cnccc21)N1CCC(c2csc(-c3cc(C(F)(F)F)cc(C(F)(F)F)c3)n2)CC1. The maximum Gasteiger partial charge on any atom is 0.416 e. The predicted molar refractivity (Wildman–Crippen MR) is 124 cm³/mol. The number of thiazole rings is 1. The second-order valence-corrected chi connectivity index (χ2v) is 9.62. The number of halogens is 6. The van der Waals surface area contributed by atoms with Crippen LogP contribution in [0.15, 0.2) is 48.4 Å². The molecule has 3 aromatic heterocycles. The number of rotatable bonds is 4. The summed E-state index contributed by atoms with van der Waals surface area (Å²) in [6.07, 6.45) is -3.84. The minimum Gasteiger partial charge on any atom is -0.341 e. The van der Waals surface area contributed by atoms with Crippen LogP contribution in [0, 0.1) is 0 Å². The fourth-order valence-electron chi connectivity index (χ4n) is 4.40. The van der Waals surface area contributed by atoms with Crippen LogP contribution in [0.1, 0.15) is 35.6 Å². The highest BCUT2D eigenvalue weighted by Gasteiger charge is 2.37. The van der Waals surface area contributed by atoms with E-state index in [9.17, 15) is 31.1 Å². The van der Waals surface area contributed by atoms with Gasteiger partial charge in [-0.15, -0.1) is 11.3 Å². The molecule has 13 heteroatoms. The van der Waals surface area contributed by atoms with E-state index in [-0.39, 0.29) is 35.0 Å². The van der Waals surface area contributed by atoms with Gasteiger partial charge in [-0.2, -0.15) is 26.3 Å². The maximum atomic E-state index is 13.2. The van der Waals surface area contributed by atoms with E-state index in [2.05, 4.69) is 15.0 Å². The summed E-state index contributed by atoms with van der Waals surface area (Å²) in [6, 6.07) is 3.27. The second-order valence-electron chi connectivity index (χ2n) is 8.76. The van der Waals surface area contributed by atoms with Gasteiger partial charge in [0.25, 0.3) is 0 Å². The van der Waals surface area contributed by atoms with Crippen LogP contribution >= 0.6 is 11.3 Å². The number of carbonyl (C=O) groups is 1. The van der Waals surface area contributed by atoms with Crippen molar-refractivity contribution in [1.82, 2.24) is 24.4 Å². The van der Waals surface area contributed by atoms with Gasteiger partial charge in [0, 0.05) is 36.1 Å². The average Bonchev–Trinajstić information content (AvgIpc) is 3.51. The van der Waals surface area contributed by atoms with E-state index in [0.29, 0.717) is 49.3 Å². The van der Waals surface area contributed by atoms with Crippen molar-refractivity contribution in [1.29, 1.82) is 0 Å². The van der Waals surface area contributed by atoms with E-state index >= 15 is 0 Å². The van der Waals surface area contributed by atoms with Crippen LogP contribution in [0.3, 0.4) is 0 Å². The molecule has 194 valence electrons. The van der Waals surface area contributed by atoms with Crippen molar-refractivity contribution < 1.29 is 31.1 Å². The summed E-state index contributed by atoms with van der Waals surface area (Å²) >= 11 is 1.00. The van der Waals surface area contributed by atoms with Crippen LogP contribution in [0.4, 0.5) is 26.3 Å². The molecule has 1 aliphatic rings. The van der Waals surface area contributed by atoms with Crippen LogP contribution in [0.25, 0.3) is 21.6 Å². The number of piperidine rings is 1. The molecule has 1 aromatic carbocycles. The molecule has 0 bridgehead atoms. The zero-order chi connectivity index (χ0) is 26.4. The molecule has 0 unspecified atom stereocenters. The van der Waals surface area contributed by atoms with Crippen LogP contribution in [0.5, 0.6) is 0 Å². The molecule has 0 spiro atoms. The third kappa shape index (κ3) is 5.31. The highest BCUT2D eigenvalue weighted by molar-refractivity contribution is 7.13. The number of nitrogens with zero attached hydrogens (tertiary/aromatic N) is 5. The van der Waals surface area contributed by atoms with Crippen molar-refractivity contribution in [3.63, 3.8) is 0 Å². The van der Waals surface area contributed by atoms with Crippen LogP contribution in [-0.2, 0) is 23.7 Å². The summed E-state index contributed by atoms with van der Waals surface area (Å²) in [5.74, 6) is -0.126. The van der Waals surface area contributed by atoms with Gasteiger partial charge in [0.2, 0.25) is 5.91 Å². The molecule has 1 aliphatic heterocycles. The van der Waals surface area contributed by atoms with Crippen molar-refractivity contribution >= 4 is 28.3 Å². The Balaban J connectivity index is 1.27. The normalized spacial score (nSPS) is 15.5. The molecule has 0 saturated carbocycles. The average molecular weight is 540 g/mol. The number of carbonyl (C=O) groups excluding carboxylic acids is 1. The van der Waals surface area contributed by atoms with Crippen molar-refractivity contribution in [2.24, 2.45) is 0 Å². The van der Waals surface area contributed by atoms with Crippen molar-refractivity contribution in [2.45, 2.75) is 37.7 Å². The number of likely N-dealkylation sites (tertiary alicyclic amines) is 1. The van der Waals surface area contributed by atoms with E-state index in [4.69, 9.17) is 0 Å². The van der Waals surface area contributed by atoms with E-state index in [1.54, 1.807) is 39.6 Å². The summed E-state index contributed by atoms with van der Waals surface area (Å²) in [5.41, 5.74) is -0.876. The largest absolute Gasteiger partial charge is 0.416 e. The Kier molecular flexibility index (Phi) is 6.42. The highest BCUT2D eigenvalue weighted by atomic mass is 32.1. The highest BCUT2D eigenvalue weighted by Crippen LogP contribution is 2.40. The maximum absolute atomic E-state index is 13.2. The molecule has 0 atom stereocenters. The lowest BCUT2D eigenvalue weighted by atomic mass is 9.94. The Hall–Kier alpha value is -3.48. The molecule has 0 aliphatic carbocycles. The summed E-state index contributed by atoms with van der Waals surface area (Å²) in [4.78, 5) is 27.2. The van der Waals surface area contributed by atoms with Gasteiger partial charge >= 0.3 is 12.4 Å². The Bertz CT molecular complexity index is 1400. The lowest BCUT2D eigenvalue weighted by Gasteiger charge is -2.31. The number of fused-ring (bicyclic) bond motifs is 1. The van der Waals surface area contributed by atoms with Gasteiger partial charge in [0.15, 0.2) is 0 Å². The van der Waals surface area contributed by atoms with Gasteiger partial charge in [0.05, 0.1) is 34.9 Å². The Morgan fingerprint density at radius 3 is 2.35 bits per heavy atom. The molecule has 0 radical (unpaired) electrons. The lowest BCUT2D eigenvalue weighted by molar-refractivity contribution is -0.143. The number of pyridine rings is 1. The Labute approximate surface area is 210 Å². The number of benzene rings is 1. The summed E-state index contributed by atoms with van der Waals surface area (Å²) in [7, 11) is 0. The molecule has 4 aromatic rings. The van der Waals surface area contributed by atoms with Gasteiger partial charge in [-0.1, -0.05) is 0 Å². The quantitative estimate of drug-likeness (QED) is 0.299. The topological polar surface area (TPSA) is 63.9 Å². The number of hydrogen-bond donors (Lipinski definition) is 0. The second kappa shape index (κ2) is 9.43. The van der Waals surface area contributed by atoms with Crippen molar-refractivity contribution in [3.8, 4) is 10.6 Å². The molecule has 4 heterocycles. The van der Waals surface area contributed by atoms with Crippen LogP contribution in [0.2, 0.25) is 0 Å². The van der Waals surface area contributed by atoms with Gasteiger partial charge < -0.3 is 9.47 Å². The van der Waals surface area contributed by atoms with Gasteiger partial charge in [-0.3, -0.25) is 9.78 Å². The number of imidazole rings is 1. The first-order chi connectivity index (χ1) is 17.5. The first kappa shape index (κ1) is 25.2. The fourth-order valence-corrected chi connectivity index (χ4v) is 5.29.